The zero-order valence-corrected chi connectivity index (χ0v) is 10.5. The number of methoxy groups -OCH3 is 1. The van der Waals surface area contributed by atoms with Gasteiger partial charge in [-0.25, -0.2) is 4.39 Å². The van der Waals surface area contributed by atoms with E-state index in [1.807, 2.05) is 6.07 Å². The van der Waals surface area contributed by atoms with Crippen LogP contribution in [0.1, 0.15) is 30.5 Å². The zero-order chi connectivity index (χ0) is 12.3. The first-order valence-corrected chi connectivity index (χ1v) is 6.22. The Kier molecular flexibility index (Phi) is 4.13. The maximum absolute atomic E-state index is 13.5. The van der Waals surface area contributed by atoms with Crippen LogP contribution >= 0.6 is 0 Å². The summed E-state index contributed by atoms with van der Waals surface area (Å²) in [6.45, 7) is 3.82. The van der Waals surface area contributed by atoms with E-state index in [0.717, 1.165) is 37.1 Å². The summed E-state index contributed by atoms with van der Waals surface area (Å²) in [5.41, 5.74) is 2.03. The fourth-order valence-electron chi connectivity index (χ4n) is 2.51. The number of ether oxygens (including phenoxy) is 1. The molecule has 0 saturated heterocycles. The minimum Gasteiger partial charge on any atom is -0.384 e. The highest BCUT2D eigenvalue weighted by molar-refractivity contribution is 5.35. The Morgan fingerprint density at radius 2 is 2.35 bits per heavy atom. The van der Waals surface area contributed by atoms with E-state index in [4.69, 9.17) is 4.74 Å². The molecule has 2 nitrogen and oxygen atoms in total. The average molecular weight is 237 g/mol. The molecule has 0 fully saturated rings. The molecule has 2 rings (SSSR count). The fourth-order valence-corrected chi connectivity index (χ4v) is 2.51. The van der Waals surface area contributed by atoms with Crippen molar-refractivity contribution < 1.29 is 9.13 Å². The number of fused-ring (bicyclic) bond motifs is 1. The standard InChI is InChI=1S/C14H20FNO/c1-10(9-17-2)8-16-14-7-6-11-12(14)4-3-5-13(11)15/h3-5,10,14,16H,6-9H2,1-2H3. The van der Waals surface area contributed by atoms with Gasteiger partial charge in [0, 0.05) is 26.3 Å². The maximum Gasteiger partial charge on any atom is 0.126 e. The van der Waals surface area contributed by atoms with Crippen LogP contribution in [-0.2, 0) is 11.2 Å². The van der Waals surface area contributed by atoms with Gasteiger partial charge in [-0.3, -0.25) is 0 Å². The van der Waals surface area contributed by atoms with Gasteiger partial charge in [0.2, 0.25) is 0 Å². The third-order valence-corrected chi connectivity index (χ3v) is 3.38. The third kappa shape index (κ3) is 2.85. The van der Waals surface area contributed by atoms with Crippen LogP contribution in [0.2, 0.25) is 0 Å². The molecular formula is C14H20FNO. The number of halogens is 1. The molecule has 1 aromatic carbocycles. The fraction of sp³-hybridized carbons (Fsp3) is 0.571. The molecule has 1 N–H and O–H groups in total. The summed E-state index contributed by atoms with van der Waals surface area (Å²) in [5, 5.41) is 3.50. The van der Waals surface area contributed by atoms with Crippen molar-refractivity contribution in [3.63, 3.8) is 0 Å². The molecule has 0 radical (unpaired) electrons. The first-order valence-electron chi connectivity index (χ1n) is 6.22. The van der Waals surface area contributed by atoms with Crippen LogP contribution in [0, 0.1) is 11.7 Å². The van der Waals surface area contributed by atoms with Crippen molar-refractivity contribution in [3.8, 4) is 0 Å². The number of hydrogen-bond acceptors (Lipinski definition) is 2. The maximum atomic E-state index is 13.5. The predicted octanol–water partition coefficient (Wildman–Crippen LogP) is 2.69. The van der Waals surface area contributed by atoms with Crippen molar-refractivity contribution in [3.05, 3.63) is 35.1 Å². The van der Waals surface area contributed by atoms with Gasteiger partial charge in [0.15, 0.2) is 0 Å². The van der Waals surface area contributed by atoms with E-state index in [0.29, 0.717) is 12.0 Å². The summed E-state index contributed by atoms with van der Waals surface area (Å²) in [5.74, 6) is 0.425. The molecule has 0 amide bonds. The van der Waals surface area contributed by atoms with E-state index in [2.05, 4.69) is 12.2 Å². The topological polar surface area (TPSA) is 21.3 Å². The highest BCUT2D eigenvalue weighted by Gasteiger charge is 2.24. The smallest absolute Gasteiger partial charge is 0.126 e. The summed E-state index contributed by atoms with van der Waals surface area (Å²) in [7, 11) is 1.72. The predicted molar refractivity (Wildman–Crippen MR) is 66.5 cm³/mol. The van der Waals surface area contributed by atoms with Gasteiger partial charge in [-0.05, 0) is 36.0 Å². The Bertz CT molecular complexity index is 380. The lowest BCUT2D eigenvalue weighted by Gasteiger charge is -2.17. The van der Waals surface area contributed by atoms with E-state index in [1.54, 1.807) is 19.2 Å². The summed E-state index contributed by atoms with van der Waals surface area (Å²) in [6, 6.07) is 5.69. The second kappa shape index (κ2) is 5.61. The van der Waals surface area contributed by atoms with Gasteiger partial charge in [0.1, 0.15) is 5.82 Å². The molecule has 2 atom stereocenters. The lowest BCUT2D eigenvalue weighted by atomic mass is 10.1. The van der Waals surface area contributed by atoms with Crippen LogP contribution in [-0.4, -0.2) is 20.3 Å². The molecule has 0 bridgehead atoms. The highest BCUT2D eigenvalue weighted by Crippen LogP contribution is 2.32. The summed E-state index contributed by atoms with van der Waals surface area (Å²) in [4.78, 5) is 0. The second-order valence-corrected chi connectivity index (χ2v) is 4.87. The number of rotatable bonds is 5. The average Bonchev–Trinajstić information content (AvgIpc) is 2.72. The molecule has 3 heteroatoms. The van der Waals surface area contributed by atoms with Crippen molar-refractivity contribution in [2.24, 2.45) is 5.92 Å². The van der Waals surface area contributed by atoms with Crippen molar-refractivity contribution in [2.45, 2.75) is 25.8 Å². The molecule has 0 saturated carbocycles. The van der Waals surface area contributed by atoms with E-state index >= 15 is 0 Å². The van der Waals surface area contributed by atoms with Gasteiger partial charge in [-0.15, -0.1) is 0 Å². The van der Waals surface area contributed by atoms with Crippen LogP contribution in [0.25, 0.3) is 0 Å². The van der Waals surface area contributed by atoms with E-state index in [1.165, 1.54) is 0 Å². The van der Waals surface area contributed by atoms with Crippen molar-refractivity contribution in [1.29, 1.82) is 0 Å². The Morgan fingerprint density at radius 1 is 1.53 bits per heavy atom. The molecule has 1 aromatic rings. The van der Waals surface area contributed by atoms with Gasteiger partial charge in [0.05, 0.1) is 0 Å². The molecule has 0 aliphatic heterocycles. The lowest BCUT2D eigenvalue weighted by Crippen LogP contribution is -2.26. The monoisotopic (exact) mass is 237 g/mol. The molecule has 0 aromatic heterocycles. The molecule has 17 heavy (non-hydrogen) atoms. The molecule has 2 unspecified atom stereocenters. The van der Waals surface area contributed by atoms with Gasteiger partial charge in [-0.2, -0.15) is 0 Å². The SMILES string of the molecule is COCC(C)CNC1CCc2c(F)cccc21. The summed E-state index contributed by atoms with van der Waals surface area (Å²) >= 11 is 0. The van der Waals surface area contributed by atoms with Crippen molar-refractivity contribution in [1.82, 2.24) is 5.32 Å². The van der Waals surface area contributed by atoms with Crippen LogP contribution in [0.5, 0.6) is 0 Å². The molecule has 0 heterocycles. The van der Waals surface area contributed by atoms with Crippen LogP contribution in [0.4, 0.5) is 4.39 Å². The zero-order valence-electron chi connectivity index (χ0n) is 10.5. The summed E-state index contributed by atoms with van der Waals surface area (Å²) in [6.07, 6.45) is 1.84. The van der Waals surface area contributed by atoms with Gasteiger partial charge < -0.3 is 10.1 Å². The Labute approximate surface area is 102 Å². The Hall–Kier alpha value is -0.930. The normalized spacial score (nSPS) is 20.3. The van der Waals surface area contributed by atoms with Crippen molar-refractivity contribution in [2.75, 3.05) is 20.3 Å². The summed E-state index contributed by atoms with van der Waals surface area (Å²) < 4.78 is 18.6. The Balaban J connectivity index is 1.96. The minimum atomic E-state index is -0.0586. The number of benzene rings is 1. The molecule has 1 aliphatic rings. The number of nitrogens with one attached hydrogen (secondary N) is 1. The highest BCUT2D eigenvalue weighted by atomic mass is 19.1. The first-order chi connectivity index (χ1) is 8.22. The van der Waals surface area contributed by atoms with Gasteiger partial charge in [0.25, 0.3) is 0 Å². The van der Waals surface area contributed by atoms with Crippen LogP contribution in [0.3, 0.4) is 0 Å². The van der Waals surface area contributed by atoms with E-state index < -0.39 is 0 Å². The number of hydrogen-bond donors (Lipinski definition) is 1. The Morgan fingerprint density at radius 3 is 3.12 bits per heavy atom. The molecule has 0 spiro atoms. The molecule has 1 aliphatic carbocycles. The van der Waals surface area contributed by atoms with E-state index in [9.17, 15) is 4.39 Å². The quantitative estimate of drug-likeness (QED) is 0.850. The minimum absolute atomic E-state index is 0.0586. The molecular weight excluding hydrogens is 217 g/mol. The molecule has 94 valence electrons. The first kappa shape index (κ1) is 12.5. The van der Waals surface area contributed by atoms with Crippen LogP contribution < -0.4 is 5.32 Å². The second-order valence-electron chi connectivity index (χ2n) is 4.87. The third-order valence-electron chi connectivity index (χ3n) is 3.38. The van der Waals surface area contributed by atoms with E-state index in [-0.39, 0.29) is 5.82 Å². The van der Waals surface area contributed by atoms with Gasteiger partial charge >= 0.3 is 0 Å². The van der Waals surface area contributed by atoms with Crippen LogP contribution in [0.15, 0.2) is 18.2 Å². The lowest BCUT2D eigenvalue weighted by molar-refractivity contribution is 0.157. The van der Waals surface area contributed by atoms with Crippen molar-refractivity contribution >= 4 is 0 Å². The largest absolute Gasteiger partial charge is 0.384 e. The van der Waals surface area contributed by atoms with Gasteiger partial charge in [-0.1, -0.05) is 19.1 Å².